The fourth-order valence-electron chi connectivity index (χ4n) is 2.89. The van der Waals surface area contributed by atoms with Gasteiger partial charge >= 0.3 is 5.97 Å². The van der Waals surface area contributed by atoms with Crippen LogP contribution in [0.1, 0.15) is 30.1 Å². The highest BCUT2D eigenvalue weighted by Gasteiger charge is 2.23. The first kappa shape index (κ1) is 20.0. The molecule has 2 aromatic rings. The second kappa shape index (κ2) is 8.51. The number of non-ortho nitro benzene ring substituents is 1. The predicted octanol–water partition coefficient (Wildman–Crippen LogP) is 2.91. The Bertz CT molecular complexity index is 940. The molecule has 0 spiro atoms. The molecule has 2 aromatic carbocycles. The Labute approximate surface area is 166 Å². The summed E-state index contributed by atoms with van der Waals surface area (Å²) in [6.45, 7) is 2.08. The number of carbonyl (C=O) groups excluding carboxylic acids is 3. The number of ether oxygens (including phenoxy) is 1. The molecule has 9 heteroatoms. The smallest absolute Gasteiger partial charge is 0.338 e. The molecule has 1 aliphatic heterocycles. The Kier molecular flexibility index (Phi) is 5.87. The molecule has 0 saturated carbocycles. The topological polar surface area (TPSA) is 119 Å². The Hall–Kier alpha value is -3.75. The molecule has 1 fully saturated rings. The number of benzene rings is 2. The molecule has 1 saturated heterocycles. The third kappa shape index (κ3) is 4.75. The Balaban J connectivity index is 1.57. The van der Waals surface area contributed by atoms with E-state index in [1.807, 2.05) is 0 Å². The van der Waals surface area contributed by atoms with Crippen LogP contribution in [0.3, 0.4) is 0 Å². The van der Waals surface area contributed by atoms with Gasteiger partial charge in [-0.15, -0.1) is 0 Å². The summed E-state index contributed by atoms with van der Waals surface area (Å²) in [5.74, 6) is -1.18. The maximum atomic E-state index is 12.3. The van der Waals surface area contributed by atoms with E-state index in [0.29, 0.717) is 24.3 Å². The normalized spacial score (nSPS) is 14.4. The van der Waals surface area contributed by atoms with Crippen molar-refractivity contribution in [2.75, 3.05) is 16.8 Å². The SMILES string of the molecule is C[C@H](OC(=O)c1ccc(N2CCCC2=O)cc1)C(=O)Nc1ccc([N+](=O)[O-])cc1. The van der Waals surface area contributed by atoms with E-state index in [1.165, 1.54) is 31.2 Å². The molecule has 1 heterocycles. The van der Waals surface area contributed by atoms with Crippen LogP contribution in [0.15, 0.2) is 48.5 Å². The number of anilines is 2. The zero-order valence-electron chi connectivity index (χ0n) is 15.7. The number of amides is 2. The van der Waals surface area contributed by atoms with Crippen molar-refractivity contribution >= 4 is 34.8 Å². The third-order valence-corrected chi connectivity index (χ3v) is 4.49. The molecular weight excluding hydrogens is 378 g/mol. The fourth-order valence-corrected chi connectivity index (χ4v) is 2.89. The lowest BCUT2D eigenvalue weighted by Gasteiger charge is -2.16. The lowest BCUT2D eigenvalue weighted by Crippen LogP contribution is -2.30. The summed E-state index contributed by atoms with van der Waals surface area (Å²) in [5, 5.41) is 13.2. The minimum absolute atomic E-state index is 0.0527. The number of nitro groups is 1. The summed E-state index contributed by atoms with van der Waals surface area (Å²) in [7, 11) is 0. The predicted molar refractivity (Wildman–Crippen MR) is 105 cm³/mol. The van der Waals surface area contributed by atoms with Crippen LogP contribution < -0.4 is 10.2 Å². The van der Waals surface area contributed by atoms with Crippen LogP contribution in [0.2, 0.25) is 0 Å². The van der Waals surface area contributed by atoms with Crippen molar-refractivity contribution in [3.05, 3.63) is 64.2 Å². The first-order valence-corrected chi connectivity index (χ1v) is 9.02. The fraction of sp³-hybridized carbons (Fsp3) is 0.250. The summed E-state index contributed by atoms with van der Waals surface area (Å²) < 4.78 is 5.18. The molecule has 0 bridgehead atoms. The van der Waals surface area contributed by atoms with Crippen molar-refractivity contribution in [3.63, 3.8) is 0 Å². The molecule has 0 aromatic heterocycles. The molecule has 29 heavy (non-hydrogen) atoms. The molecule has 1 atom stereocenters. The van der Waals surface area contributed by atoms with E-state index in [-0.39, 0.29) is 17.2 Å². The monoisotopic (exact) mass is 397 g/mol. The average molecular weight is 397 g/mol. The first-order chi connectivity index (χ1) is 13.8. The van der Waals surface area contributed by atoms with Gasteiger partial charge in [-0.3, -0.25) is 19.7 Å². The number of carbonyl (C=O) groups is 3. The van der Waals surface area contributed by atoms with Crippen molar-refractivity contribution in [2.45, 2.75) is 25.9 Å². The van der Waals surface area contributed by atoms with E-state index in [4.69, 9.17) is 4.74 Å². The first-order valence-electron chi connectivity index (χ1n) is 9.02. The van der Waals surface area contributed by atoms with Gasteiger partial charge in [0.2, 0.25) is 5.91 Å². The highest BCUT2D eigenvalue weighted by atomic mass is 16.6. The molecule has 0 aliphatic carbocycles. The van der Waals surface area contributed by atoms with Crippen molar-refractivity contribution in [1.29, 1.82) is 0 Å². The van der Waals surface area contributed by atoms with Crippen LogP contribution in [0.25, 0.3) is 0 Å². The standard InChI is InChI=1S/C20H19N3O6/c1-13(19(25)21-15-6-10-17(11-7-15)23(27)28)29-20(26)14-4-8-16(9-5-14)22-12-2-3-18(22)24/h4-11,13H,2-3,12H2,1H3,(H,21,25)/t13-/m0/s1. The quantitative estimate of drug-likeness (QED) is 0.455. The van der Waals surface area contributed by atoms with Gasteiger partial charge in [0.05, 0.1) is 10.5 Å². The average Bonchev–Trinajstić information content (AvgIpc) is 3.14. The van der Waals surface area contributed by atoms with E-state index in [2.05, 4.69) is 5.32 Å². The zero-order chi connectivity index (χ0) is 21.0. The number of nitrogens with one attached hydrogen (secondary N) is 1. The number of nitrogens with zero attached hydrogens (tertiary/aromatic N) is 2. The second-order valence-corrected chi connectivity index (χ2v) is 6.54. The second-order valence-electron chi connectivity index (χ2n) is 6.54. The van der Waals surface area contributed by atoms with Gasteiger partial charge < -0.3 is 15.0 Å². The molecule has 1 aliphatic rings. The van der Waals surface area contributed by atoms with E-state index in [0.717, 1.165) is 6.42 Å². The van der Waals surface area contributed by atoms with Crippen LogP contribution in [0, 0.1) is 10.1 Å². The molecule has 0 radical (unpaired) electrons. The summed E-state index contributed by atoms with van der Waals surface area (Å²) in [4.78, 5) is 48.0. The maximum Gasteiger partial charge on any atom is 0.338 e. The van der Waals surface area contributed by atoms with E-state index in [9.17, 15) is 24.5 Å². The molecule has 9 nitrogen and oxygen atoms in total. The van der Waals surface area contributed by atoms with Crippen molar-refractivity contribution < 1.29 is 24.0 Å². The molecule has 150 valence electrons. The number of rotatable bonds is 6. The Morgan fingerprint density at radius 3 is 2.34 bits per heavy atom. The molecule has 3 rings (SSSR count). The van der Waals surface area contributed by atoms with Crippen LogP contribution in [-0.4, -0.2) is 35.4 Å². The van der Waals surface area contributed by atoms with Crippen LogP contribution in [0.4, 0.5) is 17.1 Å². The van der Waals surface area contributed by atoms with Gasteiger partial charge in [-0.05, 0) is 49.7 Å². The van der Waals surface area contributed by atoms with E-state index in [1.54, 1.807) is 29.2 Å². The molecular formula is C20H19N3O6. The van der Waals surface area contributed by atoms with Gasteiger partial charge in [0.25, 0.3) is 11.6 Å². The van der Waals surface area contributed by atoms with Crippen LogP contribution in [0.5, 0.6) is 0 Å². The summed E-state index contributed by atoms with van der Waals surface area (Å²) in [5.41, 5.74) is 1.23. The van der Waals surface area contributed by atoms with Gasteiger partial charge in [-0.1, -0.05) is 0 Å². The van der Waals surface area contributed by atoms with E-state index >= 15 is 0 Å². The minimum atomic E-state index is -1.07. The minimum Gasteiger partial charge on any atom is -0.449 e. The maximum absolute atomic E-state index is 12.3. The third-order valence-electron chi connectivity index (χ3n) is 4.49. The molecule has 2 amide bonds. The lowest BCUT2D eigenvalue weighted by molar-refractivity contribution is -0.384. The number of hydrogen-bond acceptors (Lipinski definition) is 6. The van der Waals surface area contributed by atoms with Crippen molar-refractivity contribution in [2.24, 2.45) is 0 Å². The van der Waals surface area contributed by atoms with Crippen molar-refractivity contribution in [3.8, 4) is 0 Å². The van der Waals surface area contributed by atoms with Gasteiger partial charge in [0.15, 0.2) is 6.10 Å². The number of esters is 1. The van der Waals surface area contributed by atoms with Gasteiger partial charge in [0.1, 0.15) is 0 Å². The largest absolute Gasteiger partial charge is 0.449 e. The number of hydrogen-bond donors (Lipinski definition) is 1. The van der Waals surface area contributed by atoms with Gasteiger partial charge in [0, 0.05) is 36.5 Å². The zero-order valence-corrected chi connectivity index (χ0v) is 15.7. The van der Waals surface area contributed by atoms with Gasteiger partial charge in [-0.2, -0.15) is 0 Å². The van der Waals surface area contributed by atoms with Crippen LogP contribution >= 0.6 is 0 Å². The number of nitro benzene ring substituents is 1. The van der Waals surface area contributed by atoms with Gasteiger partial charge in [-0.25, -0.2) is 4.79 Å². The lowest BCUT2D eigenvalue weighted by atomic mass is 10.2. The van der Waals surface area contributed by atoms with Crippen molar-refractivity contribution in [1.82, 2.24) is 0 Å². The summed E-state index contributed by atoms with van der Waals surface area (Å²) in [6, 6.07) is 11.7. The highest BCUT2D eigenvalue weighted by Crippen LogP contribution is 2.22. The van der Waals surface area contributed by atoms with Crippen LogP contribution in [-0.2, 0) is 14.3 Å². The summed E-state index contributed by atoms with van der Waals surface area (Å²) in [6.07, 6.45) is 0.257. The molecule has 1 N–H and O–H groups in total. The highest BCUT2D eigenvalue weighted by molar-refractivity contribution is 5.98. The Morgan fingerprint density at radius 1 is 1.14 bits per heavy atom. The molecule has 0 unspecified atom stereocenters. The Morgan fingerprint density at radius 2 is 1.79 bits per heavy atom. The van der Waals surface area contributed by atoms with E-state index < -0.39 is 22.9 Å². The summed E-state index contributed by atoms with van der Waals surface area (Å²) >= 11 is 0.